The average Bonchev–Trinajstić information content (AvgIpc) is 3.23. The molecule has 6 aliphatic rings. The molecule has 1 aliphatic heterocycles. The maximum absolute atomic E-state index is 15.8. The Labute approximate surface area is 427 Å². The van der Waals surface area contributed by atoms with E-state index in [1.165, 1.54) is 27.7 Å². The molecule has 15 atom stereocenters. The summed E-state index contributed by atoms with van der Waals surface area (Å²) in [5.41, 5.74) is -3.47. The Hall–Kier alpha value is -5.33. The van der Waals surface area contributed by atoms with Crippen LogP contribution >= 0.6 is 0 Å². The van der Waals surface area contributed by atoms with Crippen LogP contribution in [0.1, 0.15) is 155 Å². The lowest BCUT2D eigenvalue weighted by Crippen LogP contribution is -2.69. The minimum atomic E-state index is -1.81. The van der Waals surface area contributed by atoms with Crippen molar-refractivity contribution in [2.24, 2.45) is 50.2 Å². The van der Waals surface area contributed by atoms with E-state index >= 15 is 4.79 Å². The lowest BCUT2D eigenvalue weighted by molar-refractivity contribution is -0.305. The third-order valence-electron chi connectivity index (χ3n) is 17.7. The summed E-state index contributed by atoms with van der Waals surface area (Å²) in [6, 6.07) is 0. The van der Waals surface area contributed by atoms with Crippen molar-refractivity contribution in [3.8, 4) is 0 Å². The van der Waals surface area contributed by atoms with Crippen LogP contribution < -0.4 is 0 Å². The molecule has 73 heavy (non-hydrogen) atoms. The van der Waals surface area contributed by atoms with Crippen LogP contribution in [-0.2, 0) is 90.5 Å². The molecule has 5 fully saturated rings. The summed E-state index contributed by atoms with van der Waals surface area (Å²) >= 11 is 0. The fourth-order valence-corrected chi connectivity index (χ4v) is 14.7. The van der Waals surface area contributed by atoms with Crippen LogP contribution in [0, 0.1) is 50.2 Å². The lowest BCUT2D eigenvalue weighted by Gasteiger charge is -2.72. The number of carbonyl (C=O) groups excluding carboxylic acids is 9. The van der Waals surface area contributed by atoms with Crippen molar-refractivity contribution in [1.82, 2.24) is 0 Å². The highest BCUT2D eigenvalue weighted by Crippen LogP contribution is 2.76. The standard InChI is InChI=1S/C54H76O19/c1-27(65-29(3)56)24-40(62)72-46-41-35-16-17-39-51(13)25-36(66-30(4)57)45(70-34(8)61)50(11,12)38(51)18-19-53(39,15)52(35,14)21-23-54(41,22-20-49(46,9)10)48(63)73-47-44(69-33(7)60)43(68-32(6)59)42(67-31(5)58)37(71-47)26-64-28(2)55/h16,24,36-39,41-47H,17-23,25-26H2,1-15H3. The first-order chi connectivity index (χ1) is 33.7. The van der Waals surface area contributed by atoms with Crippen molar-refractivity contribution in [2.75, 3.05) is 6.61 Å². The van der Waals surface area contributed by atoms with Gasteiger partial charge in [0.05, 0.1) is 11.5 Å². The molecular formula is C54H76O19. The van der Waals surface area contributed by atoms with Gasteiger partial charge in [-0.25, -0.2) is 4.79 Å². The van der Waals surface area contributed by atoms with Crippen LogP contribution in [-0.4, -0.2) is 109 Å². The molecule has 19 heteroatoms. The molecule has 19 nitrogen and oxygen atoms in total. The van der Waals surface area contributed by atoms with E-state index < -0.39 is 148 Å². The maximum Gasteiger partial charge on any atom is 0.334 e. The smallest absolute Gasteiger partial charge is 0.334 e. The van der Waals surface area contributed by atoms with Gasteiger partial charge in [-0.2, -0.15) is 0 Å². The number of hydrogen-bond acceptors (Lipinski definition) is 19. The van der Waals surface area contributed by atoms with Gasteiger partial charge in [0.2, 0.25) is 12.4 Å². The van der Waals surface area contributed by atoms with Crippen LogP contribution in [0.25, 0.3) is 0 Å². The molecule has 0 aromatic carbocycles. The van der Waals surface area contributed by atoms with Gasteiger partial charge in [-0.05, 0) is 86.4 Å². The van der Waals surface area contributed by atoms with Gasteiger partial charge < -0.3 is 47.4 Å². The molecular weight excluding hydrogens is 953 g/mol. The monoisotopic (exact) mass is 1030 g/mol. The van der Waals surface area contributed by atoms with Crippen molar-refractivity contribution < 1.29 is 90.5 Å². The van der Waals surface area contributed by atoms with Crippen molar-refractivity contribution in [3.05, 3.63) is 23.5 Å². The van der Waals surface area contributed by atoms with E-state index in [2.05, 4.69) is 40.7 Å². The first kappa shape index (κ1) is 57.0. The lowest BCUT2D eigenvalue weighted by atomic mass is 9.33. The minimum absolute atomic E-state index is 0.00423. The number of allylic oxidation sites excluding steroid dienone is 2. The second kappa shape index (κ2) is 20.8. The SMILES string of the molecule is CC(=O)OCC1OC(OC(=O)C23CCC(C)(C)C(OC(=O)C=C(C)OC(C)=O)C2C2=CCC4C5(C)CC(OC(C)=O)C(OC(C)=O)C(C)(C)C5CCC4(C)C2(C)CC3)C(OC(C)=O)C(OC(C)=O)C1OC(C)=O. The quantitative estimate of drug-likeness (QED) is 0.0636. The number of hydrogen-bond donors (Lipinski definition) is 0. The second-order valence-corrected chi connectivity index (χ2v) is 23.3. The third-order valence-corrected chi connectivity index (χ3v) is 17.7. The highest BCUT2D eigenvalue weighted by atomic mass is 16.7. The molecule has 0 aromatic heterocycles. The average molecular weight is 1030 g/mol. The van der Waals surface area contributed by atoms with Crippen molar-refractivity contribution in [3.63, 3.8) is 0 Å². The van der Waals surface area contributed by atoms with Gasteiger partial charge in [-0.1, -0.05) is 60.1 Å². The summed E-state index contributed by atoms with van der Waals surface area (Å²) in [5, 5.41) is 0. The summed E-state index contributed by atoms with van der Waals surface area (Å²) in [5.74, 6) is -7.24. The summed E-state index contributed by atoms with van der Waals surface area (Å²) in [7, 11) is 0. The van der Waals surface area contributed by atoms with E-state index in [4.69, 9.17) is 47.4 Å². The molecule has 406 valence electrons. The molecule has 1 saturated heterocycles. The Morgan fingerprint density at radius 1 is 0.603 bits per heavy atom. The largest absolute Gasteiger partial charge is 0.463 e. The molecule has 1 heterocycles. The van der Waals surface area contributed by atoms with Crippen LogP contribution in [0.15, 0.2) is 23.5 Å². The Morgan fingerprint density at radius 2 is 1.18 bits per heavy atom. The summed E-state index contributed by atoms with van der Waals surface area (Å²) in [6.07, 6.45) is -3.31. The van der Waals surface area contributed by atoms with Gasteiger partial charge in [0.25, 0.3) is 0 Å². The van der Waals surface area contributed by atoms with E-state index in [-0.39, 0.29) is 30.4 Å². The molecule has 0 bridgehead atoms. The highest BCUT2D eigenvalue weighted by molar-refractivity contribution is 5.84. The van der Waals surface area contributed by atoms with E-state index in [0.717, 1.165) is 52.2 Å². The van der Waals surface area contributed by atoms with E-state index in [9.17, 15) is 38.4 Å². The highest BCUT2D eigenvalue weighted by Gasteiger charge is 2.73. The van der Waals surface area contributed by atoms with Gasteiger partial charge >= 0.3 is 53.7 Å². The zero-order chi connectivity index (χ0) is 54.6. The second-order valence-electron chi connectivity index (χ2n) is 23.3. The Balaban J connectivity index is 1.50. The third kappa shape index (κ3) is 10.8. The molecule has 0 amide bonds. The zero-order valence-electron chi connectivity index (χ0n) is 45.1. The molecule has 5 aliphatic carbocycles. The molecule has 4 saturated carbocycles. The molecule has 15 unspecified atom stereocenters. The number of fused-ring (bicyclic) bond motifs is 7. The predicted octanol–water partition coefficient (Wildman–Crippen LogP) is 6.88. The molecule has 6 rings (SSSR count). The van der Waals surface area contributed by atoms with Crippen molar-refractivity contribution >= 4 is 53.7 Å². The van der Waals surface area contributed by atoms with E-state index in [0.29, 0.717) is 25.7 Å². The minimum Gasteiger partial charge on any atom is -0.463 e. The topological polar surface area (TPSA) is 246 Å². The summed E-state index contributed by atoms with van der Waals surface area (Å²) < 4.78 is 58.7. The molecule has 0 radical (unpaired) electrons. The summed E-state index contributed by atoms with van der Waals surface area (Å²) in [6.45, 7) is 24.1. The fraction of sp³-hybridized carbons (Fsp3) is 0.759. The molecule has 0 N–H and O–H groups in total. The van der Waals surface area contributed by atoms with Gasteiger partial charge in [0, 0.05) is 65.2 Å². The predicted molar refractivity (Wildman–Crippen MR) is 254 cm³/mol. The number of ether oxygens (including phenoxy) is 10. The number of esters is 9. The zero-order valence-corrected chi connectivity index (χ0v) is 45.1. The maximum atomic E-state index is 15.8. The van der Waals surface area contributed by atoms with Crippen LogP contribution in [0.5, 0.6) is 0 Å². The van der Waals surface area contributed by atoms with Crippen LogP contribution in [0.2, 0.25) is 0 Å². The van der Waals surface area contributed by atoms with E-state index in [1.807, 2.05) is 13.8 Å². The van der Waals surface area contributed by atoms with Crippen molar-refractivity contribution in [2.45, 2.75) is 204 Å². The molecule has 0 spiro atoms. The van der Waals surface area contributed by atoms with Crippen LogP contribution in [0.3, 0.4) is 0 Å². The van der Waals surface area contributed by atoms with Crippen LogP contribution in [0.4, 0.5) is 0 Å². The fourth-order valence-electron chi connectivity index (χ4n) is 14.7. The van der Waals surface area contributed by atoms with E-state index in [1.54, 1.807) is 0 Å². The number of carbonyl (C=O) groups is 9. The van der Waals surface area contributed by atoms with Gasteiger partial charge in [-0.3, -0.25) is 38.4 Å². The summed E-state index contributed by atoms with van der Waals surface area (Å²) in [4.78, 5) is 117. The first-order valence-electron chi connectivity index (χ1n) is 25.4. The van der Waals surface area contributed by atoms with Gasteiger partial charge in [0.1, 0.15) is 36.8 Å². The van der Waals surface area contributed by atoms with Gasteiger partial charge in [0.15, 0.2) is 12.2 Å². The normalized spacial score (nSPS) is 38.0. The Morgan fingerprint density at radius 3 is 1.75 bits per heavy atom. The van der Waals surface area contributed by atoms with Crippen molar-refractivity contribution in [1.29, 1.82) is 0 Å². The first-order valence-corrected chi connectivity index (χ1v) is 25.4. The molecule has 0 aromatic rings. The Kier molecular flexibility index (Phi) is 16.2. The van der Waals surface area contributed by atoms with Gasteiger partial charge in [-0.15, -0.1) is 0 Å². The number of rotatable bonds is 12. The Bertz CT molecular complexity index is 2310.